The molecule has 0 amide bonds. The summed E-state index contributed by atoms with van der Waals surface area (Å²) in [4.78, 5) is 4.17. The van der Waals surface area contributed by atoms with E-state index >= 15 is 0 Å². The molecule has 0 atom stereocenters. The minimum absolute atomic E-state index is 0.747. The fraction of sp³-hybridized carbons (Fsp3) is 0.375. The summed E-state index contributed by atoms with van der Waals surface area (Å²) in [6, 6.07) is 3.71. The maximum Gasteiger partial charge on any atom is 0.115 e. The van der Waals surface area contributed by atoms with Gasteiger partial charge in [-0.2, -0.15) is 0 Å². The van der Waals surface area contributed by atoms with E-state index in [2.05, 4.69) is 20.9 Å². The number of rotatable bonds is 4. The molecule has 1 rings (SSSR count). The van der Waals surface area contributed by atoms with Crippen molar-refractivity contribution in [1.82, 2.24) is 4.98 Å². The number of pyridine rings is 1. The summed E-state index contributed by atoms with van der Waals surface area (Å²) in [5, 5.41) is 2.71. The van der Waals surface area contributed by atoms with Crippen LogP contribution in [0.5, 0.6) is 0 Å². The number of aromatic nitrogens is 1. The molecule has 0 radical (unpaired) electrons. The number of nitrogens with zero attached hydrogens (tertiary/aromatic N) is 1. The van der Waals surface area contributed by atoms with Crippen LogP contribution < -0.4 is 0 Å². The van der Waals surface area contributed by atoms with E-state index in [0.717, 1.165) is 27.6 Å². The van der Waals surface area contributed by atoms with Gasteiger partial charge in [-0.3, -0.25) is 0 Å². The highest BCUT2D eigenvalue weighted by molar-refractivity contribution is 9.09. The highest BCUT2D eigenvalue weighted by Gasteiger charge is 1.99. The molecular weight excluding hydrogens is 258 g/mol. The van der Waals surface area contributed by atoms with Crippen LogP contribution in [0.15, 0.2) is 23.4 Å². The topological polar surface area (TPSA) is 12.9 Å². The van der Waals surface area contributed by atoms with E-state index in [9.17, 15) is 0 Å². The third kappa shape index (κ3) is 3.33. The Bertz CT molecular complexity index is 244. The lowest BCUT2D eigenvalue weighted by Gasteiger charge is -2.00. The van der Waals surface area contributed by atoms with Gasteiger partial charge < -0.3 is 0 Å². The lowest BCUT2D eigenvalue weighted by Crippen LogP contribution is -1.84. The smallest absolute Gasteiger partial charge is 0.115 e. The first-order chi connectivity index (χ1) is 5.84. The Hall–Kier alpha value is 0.270. The van der Waals surface area contributed by atoms with Crippen molar-refractivity contribution < 1.29 is 0 Å². The summed E-state index contributed by atoms with van der Waals surface area (Å²) in [6.07, 6.45) is 2.90. The fourth-order valence-electron chi connectivity index (χ4n) is 0.701. The number of alkyl halides is 1. The molecule has 1 heterocycles. The second-order valence-electron chi connectivity index (χ2n) is 2.18. The average molecular weight is 267 g/mol. The van der Waals surface area contributed by atoms with Gasteiger partial charge in [0.2, 0.25) is 0 Å². The standard InChI is InChI=1S/C8H9BrClNS/c9-4-2-6-12-8-7(10)3-1-5-11-8/h1,3,5H,2,4,6H2. The van der Waals surface area contributed by atoms with Crippen molar-refractivity contribution in [3.63, 3.8) is 0 Å². The zero-order valence-electron chi connectivity index (χ0n) is 6.46. The molecule has 12 heavy (non-hydrogen) atoms. The maximum absolute atomic E-state index is 5.91. The van der Waals surface area contributed by atoms with Crippen LogP contribution in [0.3, 0.4) is 0 Å². The van der Waals surface area contributed by atoms with Gasteiger partial charge in [0, 0.05) is 17.3 Å². The summed E-state index contributed by atoms with van der Waals surface area (Å²) < 4.78 is 0. The SMILES string of the molecule is Clc1cccnc1SCCCBr. The number of halogens is 2. The Morgan fingerprint density at radius 3 is 3.08 bits per heavy atom. The lowest BCUT2D eigenvalue weighted by atomic mass is 10.5. The van der Waals surface area contributed by atoms with E-state index in [0.29, 0.717) is 0 Å². The van der Waals surface area contributed by atoms with Gasteiger partial charge in [-0.25, -0.2) is 4.98 Å². The van der Waals surface area contributed by atoms with Crippen molar-refractivity contribution in [1.29, 1.82) is 0 Å². The molecule has 0 N–H and O–H groups in total. The van der Waals surface area contributed by atoms with E-state index in [1.807, 2.05) is 12.1 Å². The molecule has 0 aliphatic heterocycles. The Kier molecular flexibility index (Phi) is 5.04. The molecule has 0 aliphatic carbocycles. The van der Waals surface area contributed by atoms with E-state index in [1.54, 1.807) is 18.0 Å². The van der Waals surface area contributed by atoms with Crippen LogP contribution in [0.25, 0.3) is 0 Å². The van der Waals surface area contributed by atoms with Crippen LogP contribution in [0.2, 0.25) is 5.02 Å². The Morgan fingerprint density at radius 1 is 1.58 bits per heavy atom. The van der Waals surface area contributed by atoms with E-state index < -0.39 is 0 Å². The minimum atomic E-state index is 0.747. The van der Waals surface area contributed by atoms with Gasteiger partial charge in [0.25, 0.3) is 0 Å². The van der Waals surface area contributed by atoms with Gasteiger partial charge in [-0.05, 0) is 18.6 Å². The molecule has 1 nitrogen and oxygen atoms in total. The predicted octanol–water partition coefficient (Wildman–Crippen LogP) is 3.61. The van der Waals surface area contributed by atoms with Crippen molar-refractivity contribution in [3.05, 3.63) is 23.4 Å². The van der Waals surface area contributed by atoms with Crippen molar-refractivity contribution in [3.8, 4) is 0 Å². The second-order valence-corrected chi connectivity index (χ2v) is 4.47. The van der Waals surface area contributed by atoms with E-state index in [4.69, 9.17) is 11.6 Å². The van der Waals surface area contributed by atoms with Gasteiger partial charge in [0.1, 0.15) is 5.03 Å². The van der Waals surface area contributed by atoms with Crippen molar-refractivity contribution in [2.45, 2.75) is 11.4 Å². The first-order valence-corrected chi connectivity index (χ1v) is 6.12. The molecule has 0 unspecified atom stereocenters. The van der Waals surface area contributed by atoms with Gasteiger partial charge >= 0.3 is 0 Å². The van der Waals surface area contributed by atoms with Gasteiger partial charge in [0.05, 0.1) is 5.02 Å². The van der Waals surface area contributed by atoms with Crippen LogP contribution in [-0.2, 0) is 0 Å². The predicted molar refractivity (Wildman–Crippen MR) is 58.4 cm³/mol. The van der Waals surface area contributed by atoms with Crippen LogP contribution >= 0.6 is 39.3 Å². The van der Waals surface area contributed by atoms with Crippen molar-refractivity contribution in [2.75, 3.05) is 11.1 Å². The third-order valence-electron chi connectivity index (χ3n) is 1.24. The fourth-order valence-corrected chi connectivity index (χ4v) is 2.46. The zero-order valence-corrected chi connectivity index (χ0v) is 9.62. The number of hydrogen-bond acceptors (Lipinski definition) is 2. The molecule has 4 heteroatoms. The molecule has 0 bridgehead atoms. The van der Waals surface area contributed by atoms with Gasteiger partial charge in [-0.15, -0.1) is 11.8 Å². The molecule has 1 aromatic rings. The zero-order chi connectivity index (χ0) is 8.81. The molecule has 0 aromatic carbocycles. The maximum atomic E-state index is 5.91. The van der Waals surface area contributed by atoms with Crippen molar-refractivity contribution >= 4 is 39.3 Å². The highest BCUT2D eigenvalue weighted by Crippen LogP contribution is 2.24. The minimum Gasteiger partial charge on any atom is -0.248 e. The Labute approximate surface area is 90.0 Å². The molecule has 0 fully saturated rings. The third-order valence-corrected chi connectivity index (χ3v) is 3.31. The molecular formula is C8H9BrClNS. The monoisotopic (exact) mass is 265 g/mol. The quantitative estimate of drug-likeness (QED) is 0.469. The molecule has 0 saturated heterocycles. The van der Waals surface area contributed by atoms with Gasteiger partial charge in [0.15, 0.2) is 0 Å². The summed E-state index contributed by atoms with van der Waals surface area (Å²) in [7, 11) is 0. The van der Waals surface area contributed by atoms with Crippen LogP contribution in [0.4, 0.5) is 0 Å². The van der Waals surface area contributed by atoms with E-state index in [1.165, 1.54) is 0 Å². The van der Waals surface area contributed by atoms with Crippen LogP contribution in [-0.4, -0.2) is 16.1 Å². The molecule has 0 saturated carbocycles. The summed E-state index contributed by atoms with van der Waals surface area (Å²) in [5.41, 5.74) is 0. The molecule has 1 aromatic heterocycles. The van der Waals surface area contributed by atoms with Crippen molar-refractivity contribution in [2.24, 2.45) is 0 Å². The summed E-state index contributed by atoms with van der Waals surface area (Å²) in [6.45, 7) is 0. The normalized spacial score (nSPS) is 10.2. The summed E-state index contributed by atoms with van der Waals surface area (Å²) in [5.74, 6) is 1.06. The molecule has 66 valence electrons. The summed E-state index contributed by atoms with van der Waals surface area (Å²) >= 11 is 11.0. The largest absolute Gasteiger partial charge is 0.248 e. The lowest BCUT2D eigenvalue weighted by molar-refractivity contribution is 1.10. The first-order valence-electron chi connectivity index (χ1n) is 3.64. The second kappa shape index (κ2) is 5.84. The number of thioether (sulfide) groups is 1. The first kappa shape index (κ1) is 10.4. The number of hydrogen-bond donors (Lipinski definition) is 0. The van der Waals surface area contributed by atoms with Crippen LogP contribution in [0.1, 0.15) is 6.42 Å². The Balaban J connectivity index is 2.46. The molecule has 0 aliphatic rings. The molecule has 0 spiro atoms. The Morgan fingerprint density at radius 2 is 2.42 bits per heavy atom. The average Bonchev–Trinajstić information content (AvgIpc) is 2.09. The van der Waals surface area contributed by atoms with Crippen LogP contribution in [0, 0.1) is 0 Å². The van der Waals surface area contributed by atoms with E-state index in [-0.39, 0.29) is 0 Å². The highest BCUT2D eigenvalue weighted by atomic mass is 79.9. The van der Waals surface area contributed by atoms with Gasteiger partial charge in [-0.1, -0.05) is 27.5 Å².